The molecule has 0 aliphatic heterocycles. The van der Waals surface area contributed by atoms with Crippen LogP contribution in [0.2, 0.25) is 0 Å². The van der Waals surface area contributed by atoms with Crippen LogP contribution < -0.4 is 10.1 Å². The zero-order valence-electron chi connectivity index (χ0n) is 14.7. The summed E-state index contributed by atoms with van der Waals surface area (Å²) < 4.78 is 33.6. The number of halogens is 2. The number of anilines is 1. The van der Waals surface area contributed by atoms with Crippen LogP contribution in [0.5, 0.6) is 11.5 Å². The fourth-order valence-electron chi connectivity index (χ4n) is 2.81. The normalized spacial score (nSPS) is 10.5. The predicted octanol–water partition coefficient (Wildman–Crippen LogP) is 4.97. The maximum atomic E-state index is 14.3. The van der Waals surface area contributed by atoms with Gasteiger partial charge in [0.25, 0.3) is 0 Å². The molecule has 0 heterocycles. The number of amides is 1. The summed E-state index contributed by atoms with van der Waals surface area (Å²) in [7, 11) is 1.46. The third-order valence-corrected chi connectivity index (χ3v) is 4.09. The second-order valence-electron chi connectivity index (χ2n) is 5.92. The van der Waals surface area contributed by atoms with Gasteiger partial charge < -0.3 is 15.2 Å². The van der Waals surface area contributed by atoms with E-state index in [0.717, 1.165) is 0 Å². The first-order valence-electron chi connectivity index (χ1n) is 8.14. The fourth-order valence-corrected chi connectivity index (χ4v) is 2.81. The molecule has 4 nitrogen and oxygen atoms in total. The minimum absolute atomic E-state index is 0.0423. The summed E-state index contributed by atoms with van der Waals surface area (Å²) >= 11 is 0. The molecule has 0 saturated heterocycles. The minimum atomic E-state index is -0.639. The largest absolute Gasteiger partial charge is 0.507 e. The van der Waals surface area contributed by atoms with Crippen molar-refractivity contribution in [2.24, 2.45) is 0 Å². The van der Waals surface area contributed by atoms with Crippen LogP contribution in [-0.4, -0.2) is 18.1 Å². The van der Waals surface area contributed by atoms with E-state index >= 15 is 0 Å². The van der Waals surface area contributed by atoms with Gasteiger partial charge in [0.1, 0.15) is 23.1 Å². The first-order valence-corrected chi connectivity index (χ1v) is 8.14. The van der Waals surface area contributed by atoms with Crippen molar-refractivity contribution in [1.82, 2.24) is 0 Å². The quantitative estimate of drug-likeness (QED) is 0.683. The zero-order chi connectivity index (χ0) is 19.6. The second-order valence-corrected chi connectivity index (χ2v) is 5.92. The lowest BCUT2D eigenvalue weighted by atomic mass is 9.96. The summed E-state index contributed by atoms with van der Waals surface area (Å²) in [4.78, 5) is 11.1. The number of nitrogens with one attached hydrogen (secondary N) is 1. The van der Waals surface area contributed by atoms with E-state index in [1.165, 1.54) is 44.4 Å². The van der Waals surface area contributed by atoms with Crippen LogP contribution in [0.25, 0.3) is 22.3 Å². The highest BCUT2D eigenvalue weighted by Gasteiger charge is 2.16. The lowest BCUT2D eigenvalue weighted by molar-refractivity contribution is -0.114. The second kappa shape index (κ2) is 7.45. The van der Waals surface area contributed by atoms with Crippen molar-refractivity contribution in [3.05, 3.63) is 66.2 Å². The molecule has 0 bridgehead atoms. The number of rotatable bonds is 4. The molecule has 0 atom stereocenters. The SMILES string of the molecule is COc1ccc(F)c(-c2cccc(-c3ccc(NC(C)=O)c(F)c3)c2O)c1. The Kier molecular flexibility index (Phi) is 5.07. The van der Waals surface area contributed by atoms with Gasteiger partial charge in [0.2, 0.25) is 5.91 Å². The van der Waals surface area contributed by atoms with Gasteiger partial charge in [-0.1, -0.05) is 24.3 Å². The molecule has 3 aromatic rings. The molecule has 0 aliphatic carbocycles. The smallest absolute Gasteiger partial charge is 0.221 e. The molecule has 138 valence electrons. The van der Waals surface area contributed by atoms with Gasteiger partial charge in [0.05, 0.1) is 12.8 Å². The third kappa shape index (κ3) is 3.74. The van der Waals surface area contributed by atoms with E-state index < -0.39 is 11.6 Å². The maximum Gasteiger partial charge on any atom is 0.221 e. The first kappa shape index (κ1) is 18.4. The Morgan fingerprint density at radius 1 is 0.963 bits per heavy atom. The van der Waals surface area contributed by atoms with Crippen molar-refractivity contribution in [3.8, 4) is 33.8 Å². The number of carbonyl (C=O) groups excluding carboxylic acids is 1. The van der Waals surface area contributed by atoms with E-state index in [0.29, 0.717) is 16.9 Å². The summed E-state index contributed by atoms with van der Waals surface area (Å²) in [5.41, 5.74) is 1.20. The number of hydrogen-bond acceptors (Lipinski definition) is 3. The summed E-state index contributed by atoms with van der Waals surface area (Å²) in [6, 6.07) is 13.2. The number of benzene rings is 3. The molecule has 3 aromatic carbocycles. The summed E-state index contributed by atoms with van der Waals surface area (Å²) in [6.45, 7) is 1.28. The van der Waals surface area contributed by atoms with Gasteiger partial charge in [0, 0.05) is 23.6 Å². The highest BCUT2D eigenvalue weighted by atomic mass is 19.1. The van der Waals surface area contributed by atoms with Crippen molar-refractivity contribution < 1.29 is 23.4 Å². The zero-order valence-corrected chi connectivity index (χ0v) is 14.7. The molecule has 0 saturated carbocycles. The predicted molar refractivity (Wildman–Crippen MR) is 99.8 cm³/mol. The van der Waals surface area contributed by atoms with Gasteiger partial charge in [-0.25, -0.2) is 8.78 Å². The van der Waals surface area contributed by atoms with E-state index in [2.05, 4.69) is 5.32 Å². The lowest BCUT2D eigenvalue weighted by Crippen LogP contribution is -2.07. The van der Waals surface area contributed by atoms with Crippen LogP contribution >= 0.6 is 0 Å². The number of phenols is 1. The van der Waals surface area contributed by atoms with Gasteiger partial charge >= 0.3 is 0 Å². The number of para-hydroxylation sites is 1. The average molecular weight is 369 g/mol. The molecule has 0 radical (unpaired) electrons. The van der Waals surface area contributed by atoms with E-state index in [-0.39, 0.29) is 28.5 Å². The first-order chi connectivity index (χ1) is 12.9. The number of carbonyl (C=O) groups is 1. The fraction of sp³-hybridized carbons (Fsp3) is 0.0952. The Hall–Kier alpha value is -3.41. The molecule has 0 unspecified atom stereocenters. The minimum Gasteiger partial charge on any atom is -0.507 e. The number of ether oxygens (including phenoxy) is 1. The summed E-state index contributed by atoms with van der Waals surface area (Å²) in [5.74, 6) is -1.28. The van der Waals surface area contributed by atoms with Gasteiger partial charge in [-0.3, -0.25) is 4.79 Å². The van der Waals surface area contributed by atoms with E-state index in [1.54, 1.807) is 24.3 Å². The number of aromatic hydroxyl groups is 1. The Morgan fingerprint density at radius 2 is 1.70 bits per heavy atom. The summed E-state index contributed by atoms with van der Waals surface area (Å²) in [5, 5.41) is 13.1. The van der Waals surface area contributed by atoms with Gasteiger partial charge in [-0.15, -0.1) is 0 Å². The number of phenolic OH excluding ortho intramolecular Hbond substituents is 1. The highest BCUT2D eigenvalue weighted by Crippen LogP contribution is 2.40. The molecule has 0 fully saturated rings. The molecule has 0 aromatic heterocycles. The van der Waals surface area contributed by atoms with Crippen molar-refractivity contribution >= 4 is 11.6 Å². The van der Waals surface area contributed by atoms with Crippen LogP contribution in [-0.2, 0) is 4.79 Å². The van der Waals surface area contributed by atoms with Gasteiger partial charge in [-0.05, 0) is 35.9 Å². The molecule has 0 aliphatic rings. The van der Waals surface area contributed by atoms with Gasteiger partial charge in [-0.2, -0.15) is 0 Å². The Balaban J connectivity index is 2.08. The number of methoxy groups -OCH3 is 1. The highest BCUT2D eigenvalue weighted by molar-refractivity contribution is 5.89. The Bertz CT molecular complexity index is 1020. The van der Waals surface area contributed by atoms with E-state index in [9.17, 15) is 18.7 Å². The van der Waals surface area contributed by atoms with E-state index in [4.69, 9.17) is 4.74 Å². The average Bonchev–Trinajstić information content (AvgIpc) is 2.64. The molecule has 1 amide bonds. The Morgan fingerprint density at radius 3 is 2.37 bits per heavy atom. The molecule has 27 heavy (non-hydrogen) atoms. The molecular formula is C21H17F2NO3. The van der Waals surface area contributed by atoms with E-state index in [1.807, 2.05) is 0 Å². The van der Waals surface area contributed by atoms with Crippen LogP contribution in [0, 0.1) is 11.6 Å². The molecule has 0 spiro atoms. The monoisotopic (exact) mass is 369 g/mol. The molecule has 6 heteroatoms. The lowest BCUT2D eigenvalue weighted by Gasteiger charge is -2.13. The molecule has 2 N–H and O–H groups in total. The molecule has 3 rings (SSSR count). The van der Waals surface area contributed by atoms with Crippen LogP contribution in [0.3, 0.4) is 0 Å². The maximum absolute atomic E-state index is 14.3. The number of hydrogen-bond donors (Lipinski definition) is 2. The molecular weight excluding hydrogens is 352 g/mol. The van der Waals surface area contributed by atoms with Crippen LogP contribution in [0.15, 0.2) is 54.6 Å². The van der Waals surface area contributed by atoms with Crippen LogP contribution in [0.4, 0.5) is 14.5 Å². The van der Waals surface area contributed by atoms with Crippen molar-refractivity contribution in [2.75, 3.05) is 12.4 Å². The summed E-state index contributed by atoms with van der Waals surface area (Å²) in [6.07, 6.45) is 0. The van der Waals surface area contributed by atoms with Crippen molar-refractivity contribution in [1.29, 1.82) is 0 Å². The topological polar surface area (TPSA) is 58.6 Å². The third-order valence-electron chi connectivity index (χ3n) is 4.09. The van der Waals surface area contributed by atoms with Crippen molar-refractivity contribution in [2.45, 2.75) is 6.92 Å². The van der Waals surface area contributed by atoms with Gasteiger partial charge in [0.15, 0.2) is 0 Å². The Labute approximate surface area is 155 Å². The van der Waals surface area contributed by atoms with Crippen LogP contribution in [0.1, 0.15) is 6.92 Å². The van der Waals surface area contributed by atoms with Crippen molar-refractivity contribution in [3.63, 3.8) is 0 Å². The standard InChI is InChI=1S/C21H17F2NO3/c1-12(25)24-20-9-6-13(10-19(20)23)15-4-3-5-16(21(15)26)17-11-14(27-2)7-8-18(17)22/h3-11,26H,1-2H3,(H,24,25).